The van der Waals surface area contributed by atoms with Crippen molar-refractivity contribution < 1.29 is 13.2 Å². The maximum Gasteiger partial charge on any atom is 0.242 e. The van der Waals surface area contributed by atoms with Gasteiger partial charge in [-0.25, -0.2) is 8.42 Å². The number of hydrogen-bond donors (Lipinski definition) is 2. The van der Waals surface area contributed by atoms with Gasteiger partial charge < -0.3 is 11.1 Å². The number of rotatable bonds is 5. The lowest BCUT2D eigenvalue weighted by Crippen LogP contribution is -2.37. The number of carbonyl (C=O) groups is 1. The van der Waals surface area contributed by atoms with E-state index in [1.165, 1.54) is 6.92 Å². The van der Waals surface area contributed by atoms with Crippen molar-refractivity contribution in [3.8, 4) is 0 Å². The van der Waals surface area contributed by atoms with Crippen LogP contribution < -0.4 is 11.1 Å². The van der Waals surface area contributed by atoms with Crippen molar-refractivity contribution in [3.05, 3.63) is 23.8 Å². The Balaban J connectivity index is 2.94. The molecule has 1 aromatic carbocycles. The van der Waals surface area contributed by atoms with Gasteiger partial charge in [0, 0.05) is 11.4 Å². The Labute approximate surface area is 120 Å². The lowest BCUT2D eigenvalue weighted by molar-refractivity contribution is -0.115. The van der Waals surface area contributed by atoms with Crippen LogP contribution in [0.3, 0.4) is 0 Å². The minimum absolute atomic E-state index is 0.483. The highest BCUT2D eigenvalue weighted by atomic mass is 32.2. The minimum atomic E-state index is -3.47. The summed E-state index contributed by atoms with van der Waals surface area (Å²) in [5.74, 6) is -0.529. The van der Waals surface area contributed by atoms with Crippen LogP contribution in [0.25, 0.3) is 0 Å². The monoisotopic (exact) mass is 298 g/mol. The predicted molar refractivity (Wildman–Crippen MR) is 82.4 cm³/mol. The molecule has 0 aromatic heterocycles. The molecule has 112 valence electrons. The van der Waals surface area contributed by atoms with Crippen molar-refractivity contribution >= 4 is 27.1 Å². The second kappa shape index (κ2) is 6.26. The molecule has 1 aromatic rings. The Hall–Kier alpha value is -1.56. The normalized spacial score (nSPS) is 14.6. The van der Waals surface area contributed by atoms with E-state index in [-0.39, 0.29) is 0 Å². The van der Waals surface area contributed by atoms with E-state index in [2.05, 4.69) is 5.32 Å². The molecule has 0 aliphatic heterocycles. The van der Waals surface area contributed by atoms with E-state index in [9.17, 15) is 13.2 Å². The van der Waals surface area contributed by atoms with Crippen molar-refractivity contribution in [2.45, 2.75) is 44.6 Å². The summed E-state index contributed by atoms with van der Waals surface area (Å²) in [6.07, 6.45) is 0.483. The molecule has 5 nitrogen and oxygen atoms in total. The van der Waals surface area contributed by atoms with Crippen LogP contribution in [-0.4, -0.2) is 24.8 Å². The number of aryl methyl sites for hydroxylation is 1. The smallest absolute Gasteiger partial charge is 0.242 e. The van der Waals surface area contributed by atoms with Crippen molar-refractivity contribution in [2.24, 2.45) is 0 Å². The van der Waals surface area contributed by atoms with Crippen molar-refractivity contribution in [1.82, 2.24) is 0 Å². The number of carbonyl (C=O) groups excluding carboxylic acids is 1. The summed E-state index contributed by atoms with van der Waals surface area (Å²) in [6, 6.07) is 5.12. The summed E-state index contributed by atoms with van der Waals surface area (Å²) in [7, 11) is -3.47. The molecule has 0 radical (unpaired) electrons. The van der Waals surface area contributed by atoms with E-state index < -0.39 is 26.2 Å². The molecule has 0 saturated heterocycles. The fraction of sp³-hybridized carbons (Fsp3) is 0.500. The third-order valence-electron chi connectivity index (χ3n) is 3.52. The van der Waals surface area contributed by atoms with Gasteiger partial charge in [-0.15, -0.1) is 0 Å². The lowest BCUT2D eigenvalue weighted by atomic mass is 10.2. The van der Waals surface area contributed by atoms with E-state index in [1.54, 1.807) is 32.0 Å². The second-order valence-electron chi connectivity index (χ2n) is 5.01. The first-order valence-electron chi connectivity index (χ1n) is 6.59. The van der Waals surface area contributed by atoms with Gasteiger partial charge in [0.25, 0.3) is 0 Å². The Morgan fingerprint density at radius 1 is 1.35 bits per heavy atom. The van der Waals surface area contributed by atoms with Gasteiger partial charge in [0.15, 0.2) is 9.84 Å². The molecule has 6 heteroatoms. The molecular weight excluding hydrogens is 276 g/mol. The number of sulfone groups is 1. The highest BCUT2D eigenvalue weighted by Crippen LogP contribution is 2.20. The molecule has 2 atom stereocenters. The van der Waals surface area contributed by atoms with Crippen LogP contribution in [0.1, 0.15) is 32.8 Å². The van der Waals surface area contributed by atoms with Gasteiger partial charge in [-0.05, 0) is 44.9 Å². The molecule has 2 unspecified atom stereocenters. The van der Waals surface area contributed by atoms with Crippen LogP contribution in [0.15, 0.2) is 18.2 Å². The lowest BCUT2D eigenvalue weighted by Gasteiger charge is -2.18. The van der Waals surface area contributed by atoms with Gasteiger partial charge in [-0.2, -0.15) is 0 Å². The van der Waals surface area contributed by atoms with E-state index in [1.807, 2.05) is 6.92 Å². The van der Waals surface area contributed by atoms with Gasteiger partial charge in [-0.3, -0.25) is 4.79 Å². The highest BCUT2D eigenvalue weighted by Gasteiger charge is 2.32. The third-order valence-corrected chi connectivity index (χ3v) is 6.17. The first-order chi connectivity index (χ1) is 9.20. The van der Waals surface area contributed by atoms with Crippen molar-refractivity contribution in [2.75, 3.05) is 11.1 Å². The van der Waals surface area contributed by atoms with Crippen LogP contribution in [0.5, 0.6) is 0 Å². The van der Waals surface area contributed by atoms with Crippen LogP contribution >= 0.6 is 0 Å². The summed E-state index contributed by atoms with van der Waals surface area (Å²) in [5.41, 5.74) is 7.56. The van der Waals surface area contributed by atoms with E-state index >= 15 is 0 Å². The number of nitrogens with one attached hydrogen (secondary N) is 1. The Bertz CT molecular complexity index is 596. The van der Waals surface area contributed by atoms with Crippen molar-refractivity contribution in [1.29, 1.82) is 0 Å². The molecule has 1 rings (SSSR count). The largest absolute Gasteiger partial charge is 0.399 e. The van der Waals surface area contributed by atoms with Crippen LogP contribution in [0, 0.1) is 6.92 Å². The predicted octanol–water partition coefficient (Wildman–Crippen LogP) is 2.12. The number of nitrogens with two attached hydrogens (primary N) is 1. The molecule has 0 heterocycles. The molecule has 0 saturated carbocycles. The molecule has 0 spiro atoms. The maximum atomic E-state index is 12.2. The molecule has 0 fully saturated rings. The van der Waals surface area contributed by atoms with Crippen LogP contribution in [-0.2, 0) is 14.6 Å². The average molecular weight is 298 g/mol. The summed E-state index contributed by atoms with van der Waals surface area (Å²) in [5, 5.41) is 1.02. The minimum Gasteiger partial charge on any atom is -0.399 e. The number of hydrogen-bond acceptors (Lipinski definition) is 4. The summed E-state index contributed by atoms with van der Waals surface area (Å²) < 4.78 is 24.3. The number of anilines is 2. The zero-order chi connectivity index (χ0) is 15.5. The Morgan fingerprint density at radius 3 is 2.50 bits per heavy atom. The summed E-state index contributed by atoms with van der Waals surface area (Å²) >= 11 is 0. The first kappa shape index (κ1) is 16.5. The van der Waals surface area contributed by atoms with E-state index in [0.29, 0.717) is 17.8 Å². The number of nitrogen functional groups attached to an aromatic ring is 1. The topological polar surface area (TPSA) is 89.3 Å². The van der Waals surface area contributed by atoms with E-state index in [0.717, 1.165) is 5.56 Å². The second-order valence-corrected chi connectivity index (χ2v) is 7.70. The van der Waals surface area contributed by atoms with Gasteiger partial charge >= 0.3 is 0 Å². The fourth-order valence-electron chi connectivity index (χ4n) is 1.74. The standard InChI is InChI=1S/C14H22N2O3S/c1-5-10(3)20(18,19)11(4)14(17)16-13-8-12(15)7-6-9(13)2/h6-8,10-11H,5,15H2,1-4H3,(H,16,17). The molecule has 1 amide bonds. The highest BCUT2D eigenvalue weighted by molar-refractivity contribution is 7.93. The van der Waals surface area contributed by atoms with Gasteiger partial charge in [0.2, 0.25) is 5.91 Å². The van der Waals surface area contributed by atoms with Crippen LogP contribution in [0.4, 0.5) is 11.4 Å². The van der Waals surface area contributed by atoms with Crippen LogP contribution in [0.2, 0.25) is 0 Å². The maximum absolute atomic E-state index is 12.2. The zero-order valence-electron chi connectivity index (χ0n) is 12.3. The molecule has 3 N–H and O–H groups in total. The van der Waals surface area contributed by atoms with Gasteiger partial charge in [0.05, 0.1) is 5.25 Å². The molecule has 0 aliphatic rings. The molecule has 0 aliphatic carbocycles. The Kier molecular flexibility index (Phi) is 5.16. The number of amides is 1. The fourth-order valence-corrected chi connectivity index (χ4v) is 3.26. The molecule has 20 heavy (non-hydrogen) atoms. The average Bonchev–Trinajstić information content (AvgIpc) is 2.40. The quantitative estimate of drug-likeness (QED) is 0.815. The SMILES string of the molecule is CCC(C)S(=O)(=O)C(C)C(=O)Nc1cc(N)ccc1C. The van der Waals surface area contributed by atoms with Crippen molar-refractivity contribution in [3.63, 3.8) is 0 Å². The van der Waals surface area contributed by atoms with E-state index in [4.69, 9.17) is 5.73 Å². The molecule has 0 bridgehead atoms. The Morgan fingerprint density at radius 2 is 1.95 bits per heavy atom. The molecular formula is C14H22N2O3S. The number of benzene rings is 1. The zero-order valence-corrected chi connectivity index (χ0v) is 13.1. The third kappa shape index (κ3) is 3.50. The summed E-state index contributed by atoms with van der Waals surface area (Å²) in [6.45, 7) is 6.64. The van der Waals surface area contributed by atoms with Gasteiger partial charge in [0.1, 0.15) is 5.25 Å². The summed E-state index contributed by atoms with van der Waals surface area (Å²) in [4.78, 5) is 12.1. The first-order valence-corrected chi connectivity index (χ1v) is 8.20. The van der Waals surface area contributed by atoms with Gasteiger partial charge in [-0.1, -0.05) is 13.0 Å².